The van der Waals surface area contributed by atoms with Gasteiger partial charge in [-0.2, -0.15) is 0 Å². The zero-order valence-corrected chi connectivity index (χ0v) is 12.3. The van der Waals surface area contributed by atoms with E-state index in [1.54, 1.807) is 0 Å². The second kappa shape index (κ2) is 9.04. The molecule has 1 heteroatoms. The molecule has 0 bridgehead atoms. The van der Waals surface area contributed by atoms with Crippen molar-refractivity contribution < 1.29 is 0 Å². The Bertz CT molecular complexity index is 150. The molecule has 2 unspecified atom stereocenters. The Kier molecular flexibility index (Phi) is 9.02. The molecule has 0 aromatic rings. The summed E-state index contributed by atoms with van der Waals surface area (Å²) in [5, 5.41) is 3.70. The summed E-state index contributed by atoms with van der Waals surface area (Å²) in [5.74, 6) is 1.83. The average Bonchev–Trinajstić information content (AvgIpc) is 2.27. The topological polar surface area (TPSA) is 12.0 Å². The smallest absolute Gasteiger partial charge is 0.00695 e. The SMILES string of the molecule is CCC(CC(CC)C(CC)CC)NC(C)C. The Hall–Kier alpha value is -0.0400. The molecular weight excluding hydrogens is 194 g/mol. The first-order chi connectivity index (χ1) is 7.58. The minimum Gasteiger partial charge on any atom is -0.312 e. The Labute approximate surface area is 103 Å². The summed E-state index contributed by atoms with van der Waals surface area (Å²) in [6.07, 6.45) is 6.63. The first-order valence-electron chi connectivity index (χ1n) is 7.34. The van der Waals surface area contributed by atoms with Gasteiger partial charge in [-0.15, -0.1) is 0 Å². The van der Waals surface area contributed by atoms with Gasteiger partial charge in [0.15, 0.2) is 0 Å². The van der Waals surface area contributed by atoms with E-state index in [1.165, 1.54) is 32.1 Å². The minimum absolute atomic E-state index is 0.615. The zero-order chi connectivity index (χ0) is 12.6. The molecule has 2 atom stereocenters. The van der Waals surface area contributed by atoms with Crippen LogP contribution in [0.5, 0.6) is 0 Å². The molecule has 0 radical (unpaired) electrons. The third kappa shape index (κ3) is 5.89. The number of hydrogen-bond acceptors (Lipinski definition) is 1. The second-order valence-corrected chi connectivity index (χ2v) is 5.41. The van der Waals surface area contributed by atoms with Gasteiger partial charge in [-0.1, -0.05) is 60.8 Å². The van der Waals surface area contributed by atoms with Crippen molar-refractivity contribution in [2.24, 2.45) is 11.8 Å². The molecule has 1 N–H and O–H groups in total. The molecule has 0 aliphatic heterocycles. The van der Waals surface area contributed by atoms with Crippen LogP contribution < -0.4 is 5.32 Å². The van der Waals surface area contributed by atoms with E-state index >= 15 is 0 Å². The first kappa shape index (κ1) is 16.0. The molecule has 0 saturated heterocycles. The molecule has 0 fully saturated rings. The van der Waals surface area contributed by atoms with Crippen molar-refractivity contribution in [3.05, 3.63) is 0 Å². The average molecular weight is 227 g/mol. The molecule has 0 heterocycles. The lowest BCUT2D eigenvalue weighted by Crippen LogP contribution is -2.36. The van der Waals surface area contributed by atoms with Crippen molar-refractivity contribution >= 4 is 0 Å². The lowest BCUT2D eigenvalue weighted by molar-refractivity contribution is 0.247. The van der Waals surface area contributed by atoms with Crippen LogP contribution in [-0.4, -0.2) is 12.1 Å². The lowest BCUT2D eigenvalue weighted by Gasteiger charge is -2.29. The standard InChI is InChI=1S/C15H33N/c1-7-13(8-2)14(9-3)11-15(10-4)16-12(5)6/h12-16H,7-11H2,1-6H3. The molecule has 0 aromatic heterocycles. The van der Waals surface area contributed by atoms with E-state index in [2.05, 4.69) is 46.9 Å². The Morgan fingerprint density at radius 3 is 1.56 bits per heavy atom. The van der Waals surface area contributed by atoms with Crippen molar-refractivity contribution in [2.45, 2.75) is 85.7 Å². The van der Waals surface area contributed by atoms with E-state index in [-0.39, 0.29) is 0 Å². The highest BCUT2D eigenvalue weighted by molar-refractivity contribution is 4.75. The fourth-order valence-electron chi connectivity index (χ4n) is 2.84. The van der Waals surface area contributed by atoms with Gasteiger partial charge in [0.25, 0.3) is 0 Å². The molecule has 0 spiro atoms. The van der Waals surface area contributed by atoms with E-state index < -0.39 is 0 Å². The second-order valence-electron chi connectivity index (χ2n) is 5.41. The van der Waals surface area contributed by atoms with Crippen molar-refractivity contribution in [3.63, 3.8) is 0 Å². The van der Waals surface area contributed by atoms with E-state index in [0.717, 1.165) is 11.8 Å². The summed E-state index contributed by atoms with van der Waals surface area (Å²) in [7, 11) is 0. The monoisotopic (exact) mass is 227 g/mol. The molecule has 98 valence electrons. The van der Waals surface area contributed by atoms with Gasteiger partial charge in [0.1, 0.15) is 0 Å². The third-order valence-electron chi connectivity index (χ3n) is 3.89. The highest BCUT2D eigenvalue weighted by Gasteiger charge is 2.20. The highest BCUT2D eigenvalue weighted by atomic mass is 14.9. The largest absolute Gasteiger partial charge is 0.312 e. The van der Waals surface area contributed by atoms with Gasteiger partial charge in [-0.3, -0.25) is 0 Å². The van der Waals surface area contributed by atoms with Gasteiger partial charge in [0.2, 0.25) is 0 Å². The molecule has 0 aliphatic carbocycles. The number of hydrogen-bond donors (Lipinski definition) is 1. The van der Waals surface area contributed by atoms with Crippen LogP contribution in [0, 0.1) is 11.8 Å². The molecule has 0 rings (SSSR count). The molecule has 0 aromatic carbocycles. The van der Waals surface area contributed by atoms with E-state index in [0.29, 0.717) is 12.1 Å². The van der Waals surface area contributed by atoms with E-state index in [9.17, 15) is 0 Å². The lowest BCUT2D eigenvalue weighted by atomic mass is 9.81. The Balaban J connectivity index is 4.25. The molecule has 0 amide bonds. The van der Waals surface area contributed by atoms with Crippen LogP contribution in [0.15, 0.2) is 0 Å². The number of rotatable bonds is 9. The maximum atomic E-state index is 3.70. The predicted octanol–water partition coefficient (Wildman–Crippen LogP) is 4.62. The van der Waals surface area contributed by atoms with Crippen LogP contribution in [-0.2, 0) is 0 Å². The van der Waals surface area contributed by atoms with E-state index in [1.807, 2.05) is 0 Å². The van der Waals surface area contributed by atoms with Gasteiger partial charge >= 0.3 is 0 Å². The minimum atomic E-state index is 0.615. The van der Waals surface area contributed by atoms with Crippen LogP contribution >= 0.6 is 0 Å². The van der Waals surface area contributed by atoms with Gasteiger partial charge in [-0.05, 0) is 24.7 Å². The van der Waals surface area contributed by atoms with Crippen LogP contribution in [0.1, 0.15) is 73.6 Å². The Morgan fingerprint density at radius 1 is 0.750 bits per heavy atom. The fourth-order valence-corrected chi connectivity index (χ4v) is 2.84. The normalized spacial score (nSPS) is 15.8. The highest BCUT2D eigenvalue weighted by Crippen LogP contribution is 2.27. The van der Waals surface area contributed by atoms with E-state index in [4.69, 9.17) is 0 Å². The molecule has 16 heavy (non-hydrogen) atoms. The molecular formula is C15H33N. The summed E-state index contributed by atoms with van der Waals surface area (Å²) in [6.45, 7) is 13.8. The van der Waals surface area contributed by atoms with Gasteiger partial charge in [-0.25, -0.2) is 0 Å². The van der Waals surface area contributed by atoms with Crippen LogP contribution in [0.4, 0.5) is 0 Å². The fraction of sp³-hybridized carbons (Fsp3) is 1.00. The van der Waals surface area contributed by atoms with Crippen LogP contribution in [0.2, 0.25) is 0 Å². The summed E-state index contributed by atoms with van der Waals surface area (Å²) in [4.78, 5) is 0. The summed E-state index contributed by atoms with van der Waals surface area (Å²) in [5.41, 5.74) is 0. The summed E-state index contributed by atoms with van der Waals surface area (Å²) < 4.78 is 0. The maximum absolute atomic E-state index is 3.70. The molecule has 0 aliphatic rings. The van der Waals surface area contributed by atoms with Crippen molar-refractivity contribution in [1.29, 1.82) is 0 Å². The molecule has 1 nitrogen and oxygen atoms in total. The third-order valence-corrected chi connectivity index (χ3v) is 3.89. The molecule has 0 saturated carbocycles. The Morgan fingerprint density at radius 2 is 1.25 bits per heavy atom. The van der Waals surface area contributed by atoms with Gasteiger partial charge < -0.3 is 5.32 Å². The zero-order valence-electron chi connectivity index (χ0n) is 12.3. The predicted molar refractivity (Wildman–Crippen MR) is 74.8 cm³/mol. The quantitative estimate of drug-likeness (QED) is 0.606. The van der Waals surface area contributed by atoms with Crippen molar-refractivity contribution in [1.82, 2.24) is 5.32 Å². The van der Waals surface area contributed by atoms with Crippen LogP contribution in [0.25, 0.3) is 0 Å². The van der Waals surface area contributed by atoms with Gasteiger partial charge in [0.05, 0.1) is 0 Å². The maximum Gasteiger partial charge on any atom is 0.00695 e. The summed E-state index contributed by atoms with van der Waals surface area (Å²) in [6, 6.07) is 1.33. The van der Waals surface area contributed by atoms with Crippen molar-refractivity contribution in [3.8, 4) is 0 Å². The number of nitrogens with one attached hydrogen (secondary N) is 1. The first-order valence-corrected chi connectivity index (χ1v) is 7.34. The van der Waals surface area contributed by atoms with Gasteiger partial charge in [0, 0.05) is 12.1 Å². The summed E-state index contributed by atoms with van der Waals surface area (Å²) >= 11 is 0. The van der Waals surface area contributed by atoms with Crippen molar-refractivity contribution in [2.75, 3.05) is 0 Å². The van der Waals surface area contributed by atoms with Crippen LogP contribution in [0.3, 0.4) is 0 Å².